The van der Waals surface area contributed by atoms with Crippen LogP contribution in [0.15, 0.2) is 0 Å². The second kappa shape index (κ2) is 7.19. The molecule has 0 unspecified atom stereocenters. The van der Waals surface area contributed by atoms with E-state index in [4.69, 9.17) is 5.73 Å². The van der Waals surface area contributed by atoms with Gasteiger partial charge in [-0.25, -0.2) is 0 Å². The molecule has 7 heteroatoms. The molecule has 21 heavy (non-hydrogen) atoms. The van der Waals surface area contributed by atoms with Crippen molar-refractivity contribution < 1.29 is 19.2 Å². The number of hydrogen-bond acceptors (Lipinski definition) is 4. The maximum absolute atomic E-state index is 12.5. The largest absolute Gasteiger partial charge is 0.368 e. The van der Waals surface area contributed by atoms with E-state index < -0.39 is 23.9 Å². The number of amides is 3. The summed E-state index contributed by atoms with van der Waals surface area (Å²) in [4.78, 5) is 48.0. The zero-order valence-electron chi connectivity index (χ0n) is 12.7. The topological polar surface area (TPSA) is 110 Å². The third kappa shape index (κ3) is 4.84. The van der Waals surface area contributed by atoms with Crippen molar-refractivity contribution in [2.45, 2.75) is 52.1 Å². The Bertz CT molecular complexity index is 448. The lowest BCUT2D eigenvalue weighted by Gasteiger charge is -2.31. The molecule has 0 aromatic rings. The Morgan fingerprint density at radius 3 is 2.38 bits per heavy atom. The van der Waals surface area contributed by atoms with Gasteiger partial charge >= 0.3 is 0 Å². The first-order valence-electron chi connectivity index (χ1n) is 7.11. The SMILES string of the molecule is CC(=O)CN(C(=O)[C@@H]1CCC(=O)N1)[C@@H](CC(C)C)C(N)=O. The zero-order chi connectivity index (χ0) is 16.2. The molecule has 1 saturated heterocycles. The van der Waals surface area contributed by atoms with Crippen LogP contribution in [0.2, 0.25) is 0 Å². The second-order valence-electron chi connectivity index (χ2n) is 5.87. The highest BCUT2D eigenvalue weighted by Crippen LogP contribution is 2.16. The van der Waals surface area contributed by atoms with Crippen LogP contribution in [0.1, 0.15) is 40.0 Å². The first-order chi connectivity index (χ1) is 9.72. The van der Waals surface area contributed by atoms with Crippen molar-refractivity contribution in [3.8, 4) is 0 Å². The number of primary amides is 1. The van der Waals surface area contributed by atoms with Crippen LogP contribution < -0.4 is 11.1 Å². The molecule has 0 radical (unpaired) electrons. The van der Waals surface area contributed by atoms with Gasteiger partial charge in [0.15, 0.2) is 0 Å². The van der Waals surface area contributed by atoms with Gasteiger partial charge in [0.25, 0.3) is 0 Å². The second-order valence-corrected chi connectivity index (χ2v) is 5.87. The number of nitrogens with one attached hydrogen (secondary N) is 1. The van der Waals surface area contributed by atoms with E-state index in [1.807, 2.05) is 13.8 Å². The number of nitrogens with zero attached hydrogens (tertiary/aromatic N) is 1. The van der Waals surface area contributed by atoms with Crippen molar-refractivity contribution in [1.82, 2.24) is 10.2 Å². The average molecular weight is 297 g/mol. The molecule has 7 nitrogen and oxygen atoms in total. The number of carbonyl (C=O) groups is 4. The molecular weight excluding hydrogens is 274 g/mol. The quantitative estimate of drug-likeness (QED) is 0.665. The van der Waals surface area contributed by atoms with E-state index in [-0.39, 0.29) is 30.6 Å². The molecule has 0 aromatic carbocycles. The van der Waals surface area contributed by atoms with Gasteiger partial charge in [-0.3, -0.25) is 19.2 Å². The van der Waals surface area contributed by atoms with Crippen LogP contribution in [-0.4, -0.2) is 47.0 Å². The summed E-state index contributed by atoms with van der Waals surface area (Å²) in [5.41, 5.74) is 5.39. The lowest BCUT2D eigenvalue weighted by molar-refractivity contribution is -0.144. The van der Waals surface area contributed by atoms with Crippen molar-refractivity contribution in [2.24, 2.45) is 11.7 Å². The van der Waals surface area contributed by atoms with E-state index in [9.17, 15) is 19.2 Å². The molecule has 1 heterocycles. The fourth-order valence-electron chi connectivity index (χ4n) is 2.42. The monoisotopic (exact) mass is 297 g/mol. The van der Waals surface area contributed by atoms with Crippen molar-refractivity contribution >= 4 is 23.5 Å². The molecule has 1 aliphatic heterocycles. The number of Topliss-reactive ketones (excluding diaryl/α,β-unsaturated/α-hetero) is 1. The molecule has 1 aliphatic rings. The summed E-state index contributed by atoms with van der Waals surface area (Å²) in [5, 5.41) is 2.56. The average Bonchev–Trinajstić information content (AvgIpc) is 2.78. The van der Waals surface area contributed by atoms with Crippen molar-refractivity contribution in [3.05, 3.63) is 0 Å². The minimum Gasteiger partial charge on any atom is -0.368 e. The molecule has 3 N–H and O–H groups in total. The van der Waals surface area contributed by atoms with Gasteiger partial charge in [0.05, 0.1) is 6.54 Å². The van der Waals surface area contributed by atoms with Crippen molar-refractivity contribution in [3.63, 3.8) is 0 Å². The minimum absolute atomic E-state index is 0.142. The first kappa shape index (κ1) is 17.1. The standard InChI is InChI=1S/C14H23N3O4/c1-8(2)6-11(13(15)20)17(7-9(3)18)14(21)10-4-5-12(19)16-10/h8,10-11H,4-7H2,1-3H3,(H2,15,20)(H,16,19)/t10-,11-/m0/s1. The molecule has 0 saturated carbocycles. The normalized spacial score (nSPS) is 19.2. The smallest absolute Gasteiger partial charge is 0.246 e. The summed E-state index contributed by atoms with van der Waals surface area (Å²) in [6, 6.07) is -1.51. The fraction of sp³-hybridized carbons (Fsp3) is 0.714. The van der Waals surface area contributed by atoms with Crippen molar-refractivity contribution in [1.29, 1.82) is 0 Å². The van der Waals surface area contributed by atoms with Crippen LogP contribution in [-0.2, 0) is 19.2 Å². The summed E-state index contributed by atoms with van der Waals surface area (Å²) < 4.78 is 0. The maximum Gasteiger partial charge on any atom is 0.246 e. The first-order valence-corrected chi connectivity index (χ1v) is 7.11. The van der Waals surface area contributed by atoms with Crippen molar-refractivity contribution in [2.75, 3.05) is 6.54 Å². The Morgan fingerprint density at radius 1 is 1.38 bits per heavy atom. The molecule has 1 fully saturated rings. The fourth-order valence-corrected chi connectivity index (χ4v) is 2.42. The molecular formula is C14H23N3O4. The Balaban J connectivity index is 2.96. The van der Waals surface area contributed by atoms with Gasteiger partial charge < -0.3 is 16.0 Å². The lowest BCUT2D eigenvalue weighted by Crippen LogP contribution is -2.55. The van der Waals surface area contributed by atoms with Gasteiger partial charge in [-0.15, -0.1) is 0 Å². The Kier molecular flexibility index (Phi) is 5.87. The number of rotatable bonds is 7. The number of carbonyl (C=O) groups excluding carboxylic acids is 4. The van der Waals surface area contributed by atoms with Gasteiger partial charge in [-0.1, -0.05) is 13.8 Å². The zero-order valence-corrected chi connectivity index (χ0v) is 12.7. The number of hydrogen-bond donors (Lipinski definition) is 2. The Hall–Kier alpha value is -1.92. The minimum atomic E-state index is -0.834. The molecule has 1 rings (SSSR count). The van der Waals surface area contributed by atoms with E-state index in [2.05, 4.69) is 5.32 Å². The third-order valence-corrected chi connectivity index (χ3v) is 3.37. The number of ketones is 1. The van der Waals surface area contributed by atoms with E-state index in [1.165, 1.54) is 11.8 Å². The lowest BCUT2D eigenvalue weighted by atomic mass is 10.0. The maximum atomic E-state index is 12.5. The molecule has 118 valence electrons. The van der Waals surface area contributed by atoms with Crippen LogP contribution in [0, 0.1) is 5.92 Å². The molecule has 0 bridgehead atoms. The van der Waals surface area contributed by atoms with E-state index >= 15 is 0 Å². The summed E-state index contributed by atoms with van der Waals surface area (Å²) in [6.45, 7) is 4.99. The highest BCUT2D eigenvalue weighted by Gasteiger charge is 2.36. The predicted molar refractivity (Wildman–Crippen MR) is 76.0 cm³/mol. The van der Waals surface area contributed by atoms with E-state index in [0.717, 1.165) is 0 Å². The van der Waals surface area contributed by atoms with E-state index in [0.29, 0.717) is 12.8 Å². The summed E-state index contributed by atoms with van der Waals surface area (Å²) in [6.07, 6.45) is 1.03. The van der Waals surface area contributed by atoms with Crippen LogP contribution in [0.25, 0.3) is 0 Å². The van der Waals surface area contributed by atoms with Gasteiger partial charge in [-0.2, -0.15) is 0 Å². The molecule has 3 amide bonds. The van der Waals surface area contributed by atoms with Gasteiger partial charge in [0.1, 0.15) is 17.9 Å². The van der Waals surface area contributed by atoms with Gasteiger partial charge in [-0.05, 0) is 25.7 Å². The summed E-state index contributed by atoms with van der Waals surface area (Å²) >= 11 is 0. The molecule has 0 aromatic heterocycles. The Morgan fingerprint density at radius 2 is 2.00 bits per heavy atom. The van der Waals surface area contributed by atoms with Crippen LogP contribution in [0.4, 0.5) is 0 Å². The predicted octanol–water partition coefficient (Wildman–Crippen LogP) is -0.417. The number of nitrogens with two attached hydrogens (primary N) is 1. The van der Waals surface area contributed by atoms with Gasteiger partial charge in [0, 0.05) is 6.42 Å². The molecule has 0 aliphatic carbocycles. The highest BCUT2D eigenvalue weighted by atomic mass is 16.2. The summed E-state index contributed by atoms with van der Waals surface area (Å²) in [7, 11) is 0. The Labute approximate surface area is 124 Å². The molecule has 2 atom stereocenters. The highest BCUT2D eigenvalue weighted by molar-refractivity contribution is 5.95. The van der Waals surface area contributed by atoms with Gasteiger partial charge in [0.2, 0.25) is 17.7 Å². The van der Waals surface area contributed by atoms with E-state index in [1.54, 1.807) is 0 Å². The molecule has 0 spiro atoms. The van der Waals surface area contributed by atoms with Crippen LogP contribution in [0.5, 0.6) is 0 Å². The summed E-state index contributed by atoms with van der Waals surface area (Å²) in [5.74, 6) is -1.34. The van der Waals surface area contributed by atoms with Crippen LogP contribution in [0.3, 0.4) is 0 Å². The van der Waals surface area contributed by atoms with Crippen LogP contribution >= 0.6 is 0 Å². The third-order valence-electron chi connectivity index (χ3n) is 3.37.